The van der Waals surface area contributed by atoms with E-state index in [1.54, 1.807) is 0 Å². The average Bonchev–Trinajstić information content (AvgIpc) is 2.47. The molecular formula is C12H20O10. The molecule has 0 spiro atoms. The van der Waals surface area contributed by atoms with E-state index in [-0.39, 0.29) is 0 Å². The van der Waals surface area contributed by atoms with E-state index in [0.717, 1.165) is 0 Å². The molecule has 1 aliphatic rings. The van der Waals surface area contributed by atoms with Crippen LogP contribution < -0.4 is 0 Å². The zero-order chi connectivity index (χ0) is 17.1. The average molecular weight is 324 g/mol. The van der Waals surface area contributed by atoms with Crippen molar-refractivity contribution in [1.29, 1.82) is 0 Å². The molecule has 22 heavy (non-hydrogen) atoms. The normalized spacial score (nSPS) is 34.9. The first-order chi connectivity index (χ1) is 10.2. The van der Waals surface area contributed by atoms with Crippen molar-refractivity contribution in [3.8, 4) is 0 Å². The van der Waals surface area contributed by atoms with Crippen LogP contribution in [0.5, 0.6) is 0 Å². The third kappa shape index (κ3) is 3.98. The number of aliphatic carboxylic acids is 1. The molecule has 0 aliphatic carbocycles. The van der Waals surface area contributed by atoms with Gasteiger partial charge >= 0.3 is 5.97 Å². The van der Waals surface area contributed by atoms with Crippen LogP contribution in [0.4, 0.5) is 0 Å². The van der Waals surface area contributed by atoms with Crippen molar-refractivity contribution >= 4 is 11.8 Å². The first-order valence-corrected chi connectivity index (χ1v) is 6.57. The molecule has 0 amide bonds. The zero-order valence-corrected chi connectivity index (χ0v) is 11.6. The number of carbonyl (C=O) groups excluding carboxylic acids is 1. The van der Waals surface area contributed by atoms with Crippen molar-refractivity contribution in [3.63, 3.8) is 0 Å². The van der Waals surface area contributed by atoms with Gasteiger partial charge in [-0.05, 0) is 0 Å². The second kappa shape index (κ2) is 7.42. The Morgan fingerprint density at radius 1 is 1.27 bits per heavy atom. The van der Waals surface area contributed by atoms with Crippen LogP contribution in [0.1, 0.15) is 12.8 Å². The van der Waals surface area contributed by atoms with Crippen LogP contribution in [0.25, 0.3) is 0 Å². The summed E-state index contributed by atoms with van der Waals surface area (Å²) in [5.41, 5.74) is 0. The Kier molecular flexibility index (Phi) is 6.38. The molecule has 1 aliphatic heterocycles. The lowest BCUT2D eigenvalue weighted by Gasteiger charge is -2.44. The minimum Gasteiger partial charge on any atom is -0.477 e. The molecule has 1 saturated heterocycles. The van der Waals surface area contributed by atoms with Gasteiger partial charge in [0.1, 0.15) is 18.8 Å². The van der Waals surface area contributed by atoms with Gasteiger partial charge in [0.05, 0.1) is 18.8 Å². The number of ketones is 1. The number of rotatable bonds is 7. The third-order valence-corrected chi connectivity index (χ3v) is 3.62. The lowest BCUT2D eigenvalue weighted by molar-refractivity contribution is -0.304. The highest BCUT2D eigenvalue weighted by atomic mass is 16.7. The Morgan fingerprint density at radius 3 is 2.32 bits per heavy atom. The number of carbonyl (C=O) groups is 2. The SMILES string of the molecule is O=C(CO)C[C@H]1C([C@H](O)[C@H](O)CO)O[C@@](O)(C(=O)O)C[C@H]1O. The van der Waals surface area contributed by atoms with Crippen LogP contribution in [-0.4, -0.2) is 90.9 Å². The van der Waals surface area contributed by atoms with E-state index < -0.39 is 73.9 Å². The number of aliphatic hydroxyl groups excluding tert-OH is 5. The Bertz CT molecular complexity index is 413. The van der Waals surface area contributed by atoms with E-state index in [0.29, 0.717) is 0 Å². The molecule has 0 aromatic rings. The molecule has 0 aromatic carbocycles. The Labute approximate surface area is 125 Å². The second-order valence-electron chi connectivity index (χ2n) is 5.25. The molecule has 1 rings (SSSR count). The van der Waals surface area contributed by atoms with E-state index in [4.69, 9.17) is 20.1 Å². The van der Waals surface area contributed by atoms with Crippen molar-refractivity contribution < 1.29 is 50.1 Å². The zero-order valence-electron chi connectivity index (χ0n) is 11.6. The minimum atomic E-state index is -2.81. The van der Waals surface area contributed by atoms with Crippen LogP contribution >= 0.6 is 0 Å². The van der Waals surface area contributed by atoms with Crippen LogP contribution in [0, 0.1) is 5.92 Å². The smallest absolute Gasteiger partial charge is 0.364 e. The standard InChI is InChI=1S/C12H20O10/c13-3-5(15)1-6-7(16)2-12(21,11(19)20)22-10(6)9(18)8(17)4-14/h6-10,13-14,16-18,21H,1-4H2,(H,19,20)/t6-,7-,8-,9-,10?,12-/m1/s1. The van der Waals surface area contributed by atoms with Gasteiger partial charge in [0.2, 0.25) is 0 Å². The predicted molar refractivity (Wildman–Crippen MR) is 67.4 cm³/mol. The second-order valence-corrected chi connectivity index (χ2v) is 5.25. The molecule has 1 unspecified atom stereocenters. The van der Waals surface area contributed by atoms with Crippen LogP contribution in [0.2, 0.25) is 0 Å². The molecule has 0 saturated carbocycles. The van der Waals surface area contributed by atoms with Gasteiger partial charge in [0.25, 0.3) is 5.79 Å². The maximum absolute atomic E-state index is 11.3. The quantitative estimate of drug-likeness (QED) is 0.245. The van der Waals surface area contributed by atoms with Gasteiger partial charge in [-0.1, -0.05) is 0 Å². The van der Waals surface area contributed by atoms with Crippen molar-refractivity contribution in [2.75, 3.05) is 13.2 Å². The summed E-state index contributed by atoms with van der Waals surface area (Å²) in [6, 6.07) is 0. The van der Waals surface area contributed by atoms with Gasteiger partial charge in [0.15, 0.2) is 5.78 Å². The predicted octanol–water partition coefficient (Wildman–Crippen LogP) is -3.81. The highest BCUT2D eigenvalue weighted by molar-refractivity contribution is 5.80. The van der Waals surface area contributed by atoms with E-state index in [1.807, 2.05) is 0 Å². The number of carboxylic acids is 1. The van der Waals surface area contributed by atoms with Gasteiger partial charge in [-0.3, -0.25) is 4.79 Å². The molecule has 1 heterocycles. The third-order valence-electron chi connectivity index (χ3n) is 3.62. The molecule has 0 aromatic heterocycles. The summed E-state index contributed by atoms with van der Waals surface area (Å²) in [5.74, 6) is -6.49. The molecule has 0 radical (unpaired) electrons. The highest BCUT2D eigenvalue weighted by Crippen LogP contribution is 2.36. The fourth-order valence-corrected chi connectivity index (χ4v) is 2.38. The van der Waals surface area contributed by atoms with Crippen molar-refractivity contribution in [1.82, 2.24) is 0 Å². The fourth-order valence-electron chi connectivity index (χ4n) is 2.38. The topological polar surface area (TPSA) is 185 Å². The fraction of sp³-hybridized carbons (Fsp3) is 0.833. The van der Waals surface area contributed by atoms with Crippen molar-refractivity contribution in [2.45, 2.75) is 43.0 Å². The molecule has 0 bridgehead atoms. The summed E-state index contributed by atoms with van der Waals surface area (Å²) < 4.78 is 4.89. The number of carboxylic acid groups (broad SMARTS) is 1. The van der Waals surface area contributed by atoms with Gasteiger partial charge in [-0.15, -0.1) is 0 Å². The summed E-state index contributed by atoms with van der Waals surface area (Å²) >= 11 is 0. The maximum Gasteiger partial charge on any atom is 0.364 e. The first kappa shape index (κ1) is 18.9. The minimum absolute atomic E-state index is 0.465. The summed E-state index contributed by atoms with van der Waals surface area (Å²) in [5, 5.41) is 65.7. The Hall–Kier alpha value is -1.14. The number of hydrogen-bond acceptors (Lipinski definition) is 9. The maximum atomic E-state index is 11.3. The summed E-state index contributed by atoms with van der Waals surface area (Å²) in [7, 11) is 0. The molecule has 10 heteroatoms. The molecule has 10 nitrogen and oxygen atoms in total. The molecule has 128 valence electrons. The van der Waals surface area contributed by atoms with E-state index in [1.165, 1.54) is 0 Å². The summed E-state index contributed by atoms with van der Waals surface area (Å²) in [6.45, 7) is -1.72. The van der Waals surface area contributed by atoms with E-state index >= 15 is 0 Å². The number of hydrogen-bond donors (Lipinski definition) is 7. The summed E-state index contributed by atoms with van der Waals surface area (Å²) in [4.78, 5) is 22.4. The number of ether oxygens (including phenoxy) is 1. The van der Waals surface area contributed by atoms with Crippen LogP contribution in [0.15, 0.2) is 0 Å². The van der Waals surface area contributed by atoms with Crippen molar-refractivity contribution in [2.24, 2.45) is 5.92 Å². The Morgan fingerprint density at radius 2 is 1.86 bits per heavy atom. The highest BCUT2D eigenvalue weighted by Gasteiger charge is 2.53. The summed E-state index contributed by atoms with van der Waals surface area (Å²) in [6.07, 6.45) is -8.00. The van der Waals surface area contributed by atoms with Crippen LogP contribution in [-0.2, 0) is 14.3 Å². The van der Waals surface area contributed by atoms with Crippen molar-refractivity contribution in [3.05, 3.63) is 0 Å². The molecule has 1 fully saturated rings. The van der Waals surface area contributed by atoms with E-state index in [2.05, 4.69) is 0 Å². The van der Waals surface area contributed by atoms with Gasteiger partial charge in [-0.2, -0.15) is 0 Å². The Balaban J connectivity index is 3.07. The monoisotopic (exact) mass is 324 g/mol. The lowest BCUT2D eigenvalue weighted by Crippen LogP contribution is -2.61. The number of Topliss-reactive ketones (excluding diaryl/α,β-unsaturated/α-hetero) is 1. The molecular weight excluding hydrogens is 304 g/mol. The lowest BCUT2D eigenvalue weighted by atomic mass is 9.80. The first-order valence-electron chi connectivity index (χ1n) is 6.57. The van der Waals surface area contributed by atoms with Gasteiger partial charge in [-0.25, -0.2) is 4.79 Å². The van der Waals surface area contributed by atoms with Crippen LogP contribution in [0.3, 0.4) is 0 Å². The van der Waals surface area contributed by atoms with Gasteiger partial charge < -0.3 is 40.5 Å². The van der Waals surface area contributed by atoms with Gasteiger partial charge in [0, 0.05) is 18.8 Å². The largest absolute Gasteiger partial charge is 0.477 e. The molecule has 6 atom stereocenters. The molecule has 7 N–H and O–H groups in total. The number of aliphatic hydroxyl groups is 6. The van der Waals surface area contributed by atoms with E-state index in [9.17, 15) is 30.0 Å².